The van der Waals surface area contributed by atoms with Gasteiger partial charge in [-0.1, -0.05) is 139 Å². The van der Waals surface area contributed by atoms with Crippen LogP contribution in [0.1, 0.15) is 26.0 Å². The average Bonchev–Trinajstić information content (AvgIpc) is 3.67. The molecule has 0 spiro atoms. The molecule has 8 aromatic carbocycles. The van der Waals surface area contributed by atoms with Crippen molar-refractivity contribution in [2.24, 2.45) is 0 Å². The lowest BCUT2D eigenvalue weighted by Crippen LogP contribution is -1.93. The second-order valence-corrected chi connectivity index (χ2v) is 9.79. The lowest BCUT2D eigenvalue weighted by molar-refractivity contribution is 0.669. The first-order valence-electron chi connectivity index (χ1n) is 22.7. The number of rotatable bonds is 3. The van der Waals surface area contributed by atoms with E-state index in [9.17, 15) is 8.22 Å². The summed E-state index contributed by atoms with van der Waals surface area (Å²) in [5, 5.41) is -0.862. The fourth-order valence-corrected chi connectivity index (χ4v) is 5.73. The first-order chi connectivity index (χ1) is 29.3. The van der Waals surface area contributed by atoms with Crippen LogP contribution in [-0.4, -0.2) is 0 Å². The van der Waals surface area contributed by atoms with Gasteiger partial charge in [0.2, 0.25) is 0 Å². The lowest BCUT2D eigenvalue weighted by atomic mass is 9.83. The zero-order valence-electron chi connectivity index (χ0n) is 40.9. The Morgan fingerprint density at radius 1 is 0.419 bits per heavy atom. The monoisotopic (exact) mass is 565 g/mol. The van der Waals surface area contributed by atoms with E-state index in [1.54, 1.807) is 42.5 Å². The number of para-hydroxylation sites is 1. The summed E-state index contributed by atoms with van der Waals surface area (Å²) in [6.45, 7) is 0. The van der Waals surface area contributed by atoms with E-state index in [4.69, 9.17) is 22.2 Å². The van der Waals surface area contributed by atoms with Gasteiger partial charge in [0.1, 0.15) is 11.2 Å². The van der Waals surface area contributed by atoms with E-state index in [-0.39, 0.29) is 32.5 Å². The zero-order chi connectivity index (χ0) is 44.9. The van der Waals surface area contributed by atoms with Gasteiger partial charge >= 0.3 is 0 Å². The highest BCUT2D eigenvalue weighted by Crippen LogP contribution is 2.48. The van der Waals surface area contributed by atoms with Crippen molar-refractivity contribution in [3.05, 3.63) is 157 Å². The molecule has 0 aliphatic heterocycles. The molecule has 0 saturated heterocycles. The molecule has 9 aromatic rings. The zero-order valence-corrected chi connectivity index (χ0v) is 21.9. The van der Waals surface area contributed by atoms with Crippen molar-refractivity contribution in [3.8, 4) is 33.4 Å². The van der Waals surface area contributed by atoms with Gasteiger partial charge in [0.25, 0.3) is 0 Å². The summed E-state index contributed by atoms with van der Waals surface area (Å²) < 4.78 is 177. The molecule has 43 heavy (non-hydrogen) atoms. The van der Waals surface area contributed by atoms with Gasteiger partial charge in [-0.3, -0.25) is 0 Å². The largest absolute Gasteiger partial charge is 0.456 e. The van der Waals surface area contributed by atoms with Crippen molar-refractivity contribution in [1.82, 2.24) is 0 Å². The topological polar surface area (TPSA) is 13.1 Å². The van der Waals surface area contributed by atoms with Crippen LogP contribution >= 0.6 is 0 Å². The van der Waals surface area contributed by atoms with E-state index in [1.165, 1.54) is 0 Å². The van der Waals surface area contributed by atoms with E-state index in [0.717, 1.165) is 0 Å². The smallest absolute Gasteiger partial charge is 0.136 e. The summed E-state index contributed by atoms with van der Waals surface area (Å²) in [5.41, 5.74) is -2.90. The lowest BCUT2D eigenvalue weighted by Gasteiger charge is -2.20. The molecule has 0 amide bonds. The molecule has 0 N–H and O–H groups in total. The molecule has 0 aliphatic rings. The fraction of sp³-hybridized carbons (Fsp3) is 0. The minimum Gasteiger partial charge on any atom is -0.456 e. The van der Waals surface area contributed by atoms with Gasteiger partial charge < -0.3 is 4.42 Å². The van der Waals surface area contributed by atoms with Crippen LogP contribution in [-0.2, 0) is 0 Å². The SMILES string of the molecule is [2H]c1c([2H])c([2H])c(-c2c([2H])c([2H])c3c(-c4cccc5ccccc45)c4c([2H])c([2H])c([2H])c([2H])c4c(-c4c([2H])c([2H])c([2H])c5oc6c([2H])c([2H])c([2H])c([2H])c6c45)c3c2[2H])c([2H])c1[2H]. The van der Waals surface area contributed by atoms with E-state index in [1.807, 2.05) is 0 Å². The molecule has 0 atom stereocenters. The van der Waals surface area contributed by atoms with Gasteiger partial charge in [0.15, 0.2) is 0 Å². The van der Waals surface area contributed by atoms with Crippen LogP contribution in [0.3, 0.4) is 0 Å². The number of hydrogen-bond donors (Lipinski definition) is 0. The predicted molar refractivity (Wildman–Crippen MR) is 183 cm³/mol. The van der Waals surface area contributed by atoms with Crippen LogP contribution < -0.4 is 0 Å². The Labute approximate surface area is 275 Å². The molecular weight excluding hydrogens is 520 g/mol. The molecule has 0 saturated carbocycles. The van der Waals surface area contributed by atoms with Gasteiger partial charge in [0, 0.05) is 10.8 Å². The van der Waals surface area contributed by atoms with Crippen LogP contribution in [0, 0.1) is 0 Å². The molecule has 0 radical (unpaired) electrons. The maximum Gasteiger partial charge on any atom is 0.136 e. The normalized spacial score (nSPS) is 17.9. The molecule has 1 nitrogen and oxygen atoms in total. The third kappa shape index (κ3) is 3.65. The van der Waals surface area contributed by atoms with Gasteiger partial charge in [-0.25, -0.2) is 0 Å². The minimum absolute atomic E-state index is 0.0490. The molecule has 0 bridgehead atoms. The van der Waals surface area contributed by atoms with E-state index in [2.05, 4.69) is 0 Å². The minimum atomic E-state index is -0.817. The Bertz CT molecular complexity index is 3540. The Kier molecular flexibility index (Phi) is 2.61. The van der Waals surface area contributed by atoms with Crippen LogP contribution in [0.4, 0.5) is 0 Å². The predicted octanol–water partition coefficient (Wildman–Crippen LogP) is 12.0. The number of fused-ring (bicyclic) bond motifs is 6. The second-order valence-electron chi connectivity index (χ2n) is 9.79. The Hall–Kier alpha value is -5.66. The summed E-state index contributed by atoms with van der Waals surface area (Å²) in [7, 11) is 0. The van der Waals surface area contributed by atoms with Crippen molar-refractivity contribution >= 4 is 54.3 Å². The first-order valence-corrected chi connectivity index (χ1v) is 13.2. The quantitative estimate of drug-likeness (QED) is 0.194. The van der Waals surface area contributed by atoms with Crippen molar-refractivity contribution < 1.29 is 30.5 Å². The summed E-state index contributed by atoms with van der Waals surface area (Å²) in [4.78, 5) is 0. The number of benzene rings is 8. The Balaban J connectivity index is 1.71. The van der Waals surface area contributed by atoms with Gasteiger partial charge in [0.05, 0.1) is 26.0 Å². The standard InChI is InChI=1S/C42H26O/c1-2-12-27(13-3-1)29-24-25-34-37(26-29)41(36-21-11-23-39-42(36)35-19-8-9-22-38(35)43-39)33-18-7-6-17-32(33)40(34)31-20-10-15-28-14-4-5-16-30(28)31/h1-26H/i1D,2D,3D,6D,7D,8D,9D,11D,12D,13D,17D,18D,19D,21D,22D,23D,24D,25D,26D. The highest BCUT2D eigenvalue weighted by molar-refractivity contribution is 6.27. The van der Waals surface area contributed by atoms with E-state index >= 15 is 0 Å². The summed E-state index contributed by atoms with van der Waals surface area (Å²) in [6.07, 6.45) is 0. The molecule has 9 rings (SSSR count). The highest BCUT2D eigenvalue weighted by atomic mass is 16.3. The fourth-order valence-electron chi connectivity index (χ4n) is 5.73. The maximum atomic E-state index is 10.0. The van der Waals surface area contributed by atoms with Gasteiger partial charge in [-0.15, -0.1) is 0 Å². The average molecular weight is 566 g/mol. The third-order valence-electron chi connectivity index (χ3n) is 7.51. The molecule has 1 heteroatoms. The highest BCUT2D eigenvalue weighted by Gasteiger charge is 2.21. The van der Waals surface area contributed by atoms with Gasteiger partial charge in [-0.2, -0.15) is 0 Å². The van der Waals surface area contributed by atoms with Crippen LogP contribution in [0.2, 0.25) is 0 Å². The molecule has 1 aromatic heterocycles. The first kappa shape index (κ1) is 11.9. The Morgan fingerprint density at radius 3 is 1.95 bits per heavy atom. The molecule has 0 aliphatic carbocycles. The van der Waals surface area contributed by atoms with Crippen molar-refractivity contribution in [2.45, 2.75) is 0 Å². The van der Waals surface area contributed by atoms with Crippen molar-refractivity contribution in [1.29, 1.82) is 0 Å². The summed E-state index contributed by atoms with van der Waals surface area (Å²) in [5.74, 6) is 0. The summed E-state index contributed by atoms with van der Waals surface area (Å²) >= 11 is 0. The summed E-state index contributed by atoms with van der Waals surface area (Å²) in [6, 6.07) is -2.16. The molecular formula is C42H26O. The second kappa shape index (κ2) is 9.44. The third-order valence-corrected chi connectivity index (χ3v) is 7.51. The molecule has 0 fully saturated rings. The van der Waals surface area contributed by atoms with Gasteiger partial charge in [-0.05, 0) is 83.8 Å². The number of hydrogen-bond acceptors (Lipinski definition) is 1. The molecule has 200 valence electrons. The van der Waals surface area contributed by atoms with Crippen LogP contribution in [0.5, 0.6) is 0 Å². The Morgan fingerprint density at radius 2 is 1.09 bits per heavy atom. The maximum absolute atomic E-state index is 10.0. The number of furan rings is 1. The molecule has 0 unspecified atom stereocenters. The van der Waals surface area contributed by atoms with Crippen LogP contribution in [0.25, 0.3) is 87.6 Å². The van der Waals surface area contributed by atoms with Crippen LogP contribution in [0.15, 0.2) is 162 Å². The molecule has 1 heterocycles. The van der Waals surface area contributed by atoms with E-state index < -0.39 is 154 Å². The van der Waals surface area contributed by atoms with Crippen molar-refractivity contribution in [2.75, 3.05) is 0 Å². The van der Waals surface area contributed by atoms with Crippen molar-refractivity contribution in [3.63, 3.8) is 0 Å². The van der Waals surface area contributed by atoms with E-state index in [0.29, 0.717) is 16.3 Å².